The van der Waals surface area contributed by atoms with E-state index in [0.717, 1.165) is 18.8 Å². The van der Waals surface area contributed by atoms with E-state index in [1.165, 1.54) is 11.1 Å². The number of hydrogen-bond acceptors (Lipinski definition) is 2. The number of nitrogens with two attached hydrogens (primary N) is 1. The Bertz CT molecular complexity index is 524. The first-order valence-corrected chi connectivity index (χ1v) is 6.38. The van der Waals surface area contributed by atoms with Crippen molar-refractivity contribution in [3.05, 3.63) is 65.7 Å². The van der Waals surface area contributed by atoms with Crippen molar-refractivity contribution in [3.63, 3.8) is 0 Å². The van der Waals surface area contributed by atoms with Crippen LogP contribution in [0.2, 0.25) is 0 Å². The highest BCUT2D eigenvalue weighted by Gasteiger charge is 2.27. The van der Waals surface area contributed by atoms with Gasteiger partial charge < -0.3 is 10.5 Å². The Morgan fingerprint density at radius 3 is 2.56 bits per heavy atom. The number of fused-ring (bicyclic) bond motifs is 1. The van der Waals surface area contributed by atoms with Gasteiger partial charge in [-0.1, -0.05) is 48.5 Å². The van der Waals surface area contributed by atoms with Crippen LogP contribution in [0.4, 0.5) is 0 Å². The standard InChI is InChI=1S/C16H17NO/c17-16(12-6-2-1-3-7-12)14-10-11-18-15-9-5-4-8-13(14)15/h1-9,14,16H,10-11,17H2. The van der Waals surface area contributed by atoms with E-state index >= 15 is 0 Å². The van der Waals surface area contributed by atoms with Crippen molar-refractivity contribution in [1.82, 2.24) is 0 Å². The normalized spacial score (nSPS) is 19.7. The van der Waals surface area contributed by atoms with Gasteiger partial charge in [-0.05, 0) is 23.6 Å². The zero-order valence-corrected chi connectivity index (χ0v) is 10.3. The fourth-order valence-electron chi connectivity index (χ4n) is 2.65. The Morgan fingerprint density at radius 1 is 1.00 bits per heavy atom. The molecule has 0 saturated carbocycles. The molecule has 0 amide bonds. The maximum Gasteiger partial charge on any atom is 0.122 e. The zero-order chi connectivity index (χ0) is 12.4. The molecule has 0 spiro atoms. The topological polar surface area (TPSA) is 35.2 Å². The van der Waals surface area contributed by atoms with E-state index in [-0.39, 0.29) is 6.04 Å². The smallest absolute Gasteiger partial charge is 0.122 e. The summed E-state index contributed by atoms with van der Waals surface area (Å²) in [5.74, 6) is 1.33. The molecule has 0 aromatic heterocycles. The average molecular weight is 239 g/mol. The summed E-state index contributed by atoms with van der Waals surface area (Å²) in [5.41, 5.74) is 8.86. The lowest BCUT2D eigenvalue weighted by Gasteiger charge is -2.30. The van der Waals surface area contributed by atoms with Crippen LogP contribution in [0.25, 0.3) is 0 Å². The Morgan fingerprint density at radius 2 is 1.72 bits per heavy atom. The van der Waals surface area contributed by atoms with Crippen molar-refractivity contribution < 1.29 is 4.74 Å². The third-order valence-corrected chi connectivity index (χ3v) is 3.62. The van der Waals surface area contributed by atoms with Crippen LogP contribution in [0.3, 0.4) is 0 Å². The van der Waals surface area contributed by atoms with Crippen molar-refractivity contribution in [1.29, 1.82) is 0 Å². The van der Waals surface area contributed by atoms with Crippen LogP contribution >= 0.6 is 0 Å². The van der Waals surface area contributed by atoms with Crippen LogP contribution in [-0.4, -0.2) is 6.61 Å². The molecule has 2 aromatic rings. The Labute approximate surface area is 107 Å². The lowest BCUT2D eigenvalue weighted by molar-refractivity contribution is 0.255. The molecule has 1 aliphatic heterocycles. The first kappa shape index (κ1) is 11.3. The Kier molecular flexibility index (Phi) is 3.03. The van der Waals surface area contributed by atoms with Crippen molar-refractivity contribution >= 4 is 0 Å². The van der Waals surface area contributed by atoms with Gasteiger partial charge in [0.2, 0.25) is 0 Å². The lowest BCUT2D eigenvalue weighted by atomic mass is 9.84. The lowest BCUT2D eigenvalue weighted by Crippen LogP contribution is -2.25. The first-order chi connectivity index (χ1) is 8.86. The minimum atomic E-state index is 0.0382. The maximum atomic E-state index is 6.43. The summed E-state index contributed by atoms with van der Waals surface area (Å²) in [7, 11) is 0. The predicted molar refractivity (Wildman–Crippen MR) is 72.7 cm³/mol. The van der Waals surface area contributed by atoms with Crippen LogP contribution < -0.4 is 10.5 Å². The van der Waals surface area contributed by atoms with Gasteiger partial charge in [0.05, 0.1) is 6.61 Å². The minimum Gasteiger partial charge on any atom is -0.493 e. The summed E-state index contributed by atoms with van der Waals surface area (Å²) in [6.45, 7) is 0.752. The first-order valence-electron chi connectivity index (χ1n) is 6.38. The average Bonchev–Trinajstić information content (AvgIpc) is 2.47. The van der Waals surface area contributed by atoms with Crippen molar-refractivity contribution in [3.8, 4) is 5.75 Å². The van der Waals surface area contributed by atoms with Gasteiger partial charge in [-0.2, -0.15) is 0 Å². The van der Waals surface area contributed by atoms with Gasteiger partial charge in [0, 0.05) is 12.0 Å². The summed E-state index contributed by atoms with van der Waals surface area (Å²) in [6.07, 6.45) is 0.979. The molecule has 1 aliphatic rings. The summed E-state index contributed by atoms with van der Waals surface area (Å²) >= 11 is 0. The SMILES string of the molecule is NC(c1ccccc1)C1CCOc2ccccc21. The summed E-state index contributed by atoms with van der Waals surface area (Å²) in [6, 6.07) is 18.6. The molecular weight excluding hydrogens is 222 g/mol. The molecule has 0 aliphatic carbocycles. The molecule has 0 bridgehead atoms. The molecule has 92 valence electrons. The van der Waals surface area contributed by atoms with Crippen LogP contribution in [0.1, 0.15) is 29.5 Å². The van der Waals surface area contributed by atoms with Crippen LogP contribution in [0.5, 0.6) is 5.75 Å². The quantitative estimate of drug-likeness (QED) is 0.873. The molecule has 18 heavy (non-hydrogen) atoms. The highest BCUT2D eigenvalue weighted by molar-refractivity contribution is 5.40. The monoisotopic (exact) mass is 239 g/mol. The number of ether oxygens (including phenoxy) is 1. The summed E-state index contributed by atoms with van der Waals surface area (Å²) < 4.78 is 5.68. The number of hydrogen-bond donors (Lipinski definition) is 1. The molecular formula is C16H17NO. The zero-order valence-electron chi connectivity index (χ0n) is 10.3. The molecule has 2 heteroatoms. The molecule has 0 saturated heterocycles. The van der Waals surface area contributed by atoms with E-state index < -0.39 is 0 Å². The van der Waals surface area contributed by atoms with Crippen molar-refractivity contribution in [2.75, 3.05) is 6.61 Å². The van der Waals surface area contributed by atoms with Crippen LogP contribution in [-0.2, 0) is 0 Å². The van der Waals surface area contributed by atoms with Gasteiger partial charge in [0.25, 0.3) is 0 Å². The molecule has 0 radical (unpaired) electrons. The van der Waals surface area contributed by atoms with E-state index in [1.807, 2.05) is 30.3 Å². The summed E-state index contributed by atoms with van der Waals surface area (Å²) in [5, 5.41) is 0. The fourth-order valence-corrected chi connectivity index (χ4v) is 2.65. The Hall–Kier alpha value is -1.80. The van der Waals surface area contributed by atoms with Crippen molar-refractivity contribution in [2.24, 2.45) is 5.73 Å². The Balaban J connectivity index is 1.94. The molecule has 3 rings (SSSR count). The van der Waals surface area contributed by atoms with Gasteiger partial charge in [0.15, 0.2) is 0 Å². The van der Waals surface area contributed by atoms with Crippen LogP contribution in [0.15, 0.2) is 54.6 Å². The minimum absolute atomic E-state index is 0.0382. The van der Waals surface area contributed by atoms with E-state index in [0.29, 0.717) is 5.92 Å². The third kappa shape index (κ3) is 2.00. The second kappa shape index (κ2) is 4.83. The van der Waals surface area contributed by atoms with E-state index in [2.05, 4.69) is 24.3 Å². The largest absolute Gasteiger partial charge is 0.493 e. The summed E-state index contributed by atoms with van der Waals surface area (Å²) in [4.78, 5) is 0. The molecule has 2 unspecified atom stereocenters. The van der Waals surface area contributed by atoms with E-state index in [9.17, 15) is 0 Å². The number of benzene rings is 2. The van der Waals surface area contributed by atoms with E-state index in [1.54, 1.807) is 0 Å². The molecule has 1 heterocycles. The fraction of sp³-hybridized carbons (Fsp3) is 0.250. The number of para-hydroxylation sites is 1. The second-order valence-corrected chi connectivity index (χ2v) is 4.72. The maximum absolute atomic E-state index is 6.43. The highest BCUT2D eigenvalue weighted by atomic mass is 16.5. The van der Waals surface area contributed by atoms with Gasteiger partial charge in [-0.3, -0.25) is 0 Å². The van der Waals surface area contributed by atoms with Crippen LogP contribution in [0, 0.1) is 0 Å². The van der Waals surface area contributed by atoms with Gasteiger partial charge in [-0.15, -0.1) is 0 Å². The van der Waals surface area contributed by atoms with Crippen molar-refractivity contribution in [2.45, 2.75) is 18.4 Å². The second-order valence-electron chi connectivity index (χ2n) is 4.72. The molecule has 2 atom stereocenters. The third-order valence-electron chi connectivity index (χ3n) is 3.62. The van der Waals surface area contributed by atoms with E-state index in [4.69, 9.17) is 10.5 Å². The predicted octanol–water partition coefficient (Wildman–Crippen LogP) is 3.25. The number of rotatable bonds is 2. The highest BCUT2D eigenvalue weighted by Crippen LogP contribution is 2.39. The molecule has 2 N–H and O–H groups in total. The van der Waals surface area contributed by atoms with Gasteiger partial charge in [-0.25, -0.2) is 0 Å². The van der Waals surface area contributed by atoms with Gasteiger partial charge >= 0.3 is 0 Å². The molecule has 2 aromatic carbocycles. The van der Waals surface area contributed by atoms with Gasteiger partial charge in [0.1, 0.15) is 5.75 Å². The molecule has 0 fully saturated rings. The molecule has 2 nitrogen and oxygen atoms in total.